The Kier molecular flexibility index (Phi) is 6.34. The Bertz CT molecular complexity index is 1490. The van der Waals surface area contributed by atoms with E-state index >= 15 is 4.39 Å². The van der Waals surface area contributed by atoms with E-state index in [4.69, 9.17) is 4.74 Å². The van der Waals surface area contributed by atoms with Gasteiger partial charge < -0.3 is 17.1 Å². The van der Waals surface area contributed by atoms with Gasteiger partial charge in [-0.25, -0.2) is 13.4 Å². The highest BCUT2D eigenvalue weighted by atomic mass is 35.5. The summed E-state index contributed by atoms with van der Waals surface area (Å²) >= 11 is 0. The molecule has 2 aliphatic heterocycles. The molecule has 0 saturated carbocycles. The molecular weight excluding hydrogens is 464 g/mol. The number of benzene rings is 3. The Morgan fingerprint density at radius 1 is 1.03 bits per heavy atom. The van der Waals surface area contributed by atoms with Crippen LogP contribution in [0.3, 0.4) is 0 Å². The SMILES string of the molecule is CC[N+]1=c2cc3c(cc2C(C)CC1(C)C)=C(c1ccc(C)cc1C)c1cc(F)c(C)c(F)c1O3.[Cl-]. The Morgan fingerprint density at radius 3 is 2.40 bits per heavy atom. The summed E-state index contributed by atoms with van der Waals surface area (Å²) in [6, 6.07) is 11.9. The van der Waals surface area contributed by atoms with Crippen molar-refractivity contribution in [2.75, 3.05) is 6.54 Å². The minimum atomic E-state index is -0.637. The van der Waals surface area contributed by atoms with Gasteiger partial charge in [-0.1, -0.05) is 30.7 Å². The molecule has 3 aromatic carbocycles. The monoisotopic (exact) mass is 495 g/mol. The van der Waals surface area contributed by atoms with Crippen LogP contribution in [0.15, 0.2) is 36.4 Å². The molecule has 2 nitrogen and oxygen atoms in total. The van der Waals surface area contributed by atoms with Crippen molar-refractivity contribution >= 4 is 5.57 Å². The highest BCUT2D eigenvalue weighted by Crippen LogP contribution is 2.41. The van der Waals surface area contributed by atoms with Crippen molar-refractivity contribution in [3.05, 3.63) is 92.0 Å². The zero-order chi connectivity index (χ0) is 24.5. The molecule has 0 spiro atoms. The van der Waals surface area contributed by atoms with Gasteiger partial charge in [-0.2, -0.15) is 0 Å². The lowest BCUT2D eigenvalue weighted by molar-refractivity contribution is -0.00000944. The molecule has 0 aliphatic carbocycles. The molecule has 35 heavy (non-hydrogen) atoms. The molecule has 5 heteroatoms. The van der Waals surface area contributed by atoms with Crippen molar-refractivity contribution in [3.63, 3.8) is 0 Å². The van der Waals surface area contributed by atoms with Gasteiger partial charge in [0.1, 0.15) is 18.1 Å². The van der Waals surface area contributed by atoms with Crippen molar-refractivity contribution in [1.82, 2.24) is 4.58 Å². The minimum absolute atomic E-state index is 0. The standard InChI is InChI=1S/C30H32F2NO.ClH/c1-8-33-25-14-26-22(12-21(25)18(4)15-30(33,6)7)27(20-10-9-16(2)11-17(20)3)23-13-24(31)19(5)28(32)29(23)34-26;/h9-14,18H,8,15H2,1-7H3;1H/q+1;/p-1. The molecule has 0 amide bonds. The van der Waals surface area contributed by atoms with Gasteiger partial charge in [0, 0.05) is 33.9 Å². The van der Waals surface area contributed by atoms with Crippen molar-refractivity contribution < 1.29 is 25.9 Å². The molecule has 184 valence electrons. The summed E-state index contributed by atoms with van der Waals surface area (Å²) in [6.45, 7) is 15.4. The normalized spacial score (nSPS) is 17.7. The van der Waals surface area contributed by atoms with Crippen LogP contribution in [-0.4, -0.2) is 12.1 Å². The maximum Gasteiger partial charge on any atom is 0.207 e. The number of rotatable bonds is 2. The highest BCUT2D eigenvalue weighted by Gasteiger charge is 2.39. The highest BCUT2D eigenvalue weighted by molar-refractivity contribution is 5.86. The lowest BCUT2D eigenvalue weighted by Crippen LogP contribution is -3.00. The van der Waals surface area contributed by atoms with Crippen LogP contribution in [-0.2, 0) is 0 Å². The van der Waals surface area contributed by atoms with Gasteiger partial charge in [0.15, 0.2) is 17.1 Å². The Balaban J connectivity index is 0.00000289. The van der Waals surface area contributed by atoms with E-state index in [2.05, 4.69) is 63.5 Å². The van der Waals surface area contributed by atoms with E-state index in [0.29, 0.717) is 17.2 Å². The molecule has 0 radical (unpaired) electrons. The van der Waals surface area contributed by atoms with E-state index in [-0.39, 0.29) is 29.3 Å². The molecule has 0 bridgehead atoms. The van der Waals surface area contributed by atoms with E-state index in [1.165, 1.54) is 18.6 Å². The number of halogens is 3. The first-order valence-electron chi connectivity index (χ1n) is 12.1. The third-order valence-electron chi connectivity index (χ3n) is 7.61. The van der Waals surface area contributed by atoms with E-state index in [9.17, 15) is 4.39 Å². The number of hydrogen-bond acceptors (Lipinski definition) is 1. The van der Waals surface area contributed by atoms with Crippen LogP contribution >= 0.6 is 0 Å². The molecule has 2 aliphatic rings. The van der Waals surface area contributed by atoms with Gasteiger partial charge in [-0.15, -0.1) is 0 Å². The smallest absolute Gasteiger partial charge is 0.207 e. The Labute approximate surface area is 212 Å². The molecule has 0 saturated heterocycles. The number of hydrogen-bond donors (Lipinski definition) is 0. The first-order chi connectivity index (χ1) is 16.0. The van der Waals surface area contributed by atoms with Gasteiger partial charge >= 0.3 is 0 Å². The molecule has 3 aromatic rings. The lowest BCUT2D eigenvalue weighted by atomic mass is 9.81. The van der Waals surface area contributed by atoms with Gasteiger partial charge in [-0.3, -0.25) is 0 Å². The predicted molar refractivity (Wildman–Crippen MR) is 133 cm³/mol. The second-order valence-corrected chi connectivity index (χ2v) is 10.5. The first-order valence-corrected chi connectivity index (χ1v) is 12.1. The fourth-order valence-electron chi connectivity index (χ4n) is 6.01. The summed E-state index contributed by atoms with van der Waals surface area (Å²) in [6.07, 6.45) is 1.03. The summed E-state index contributed by atoms with van der Waals surface area (Å²) < 4.78 is 38.8. The third-order valence-corrected chi connectivity index (χ3v) is 7.61. The van der Waals surface area contributed by atoms with Gasteiger partial charge in [-0.05, 0) is 70.7 Å². The maximum atomic E-state index is 15.4. The Morgan fingerprint density at radius 2 is 1.74 bits per heavy atom. The van der Waals surface area contributed by atoms with Gasteiger partial charge in [0.2, 0.25) is 5.36 Å². The van der Waals surface area contributed by atoms with Gasteiger partial charge in [0.25, 0.3) is 0 Å². The maximum absolute atomic E-state index is 15.4. The lowest BCUT2D eigenvalue weighted by Gasteiger charge is -2.31. The number of ether oxygens (including phenoxy) is 1. The van der Waals surface area contributed by atoms with Crippen LogP contribution in [0.4, 0.5) is 8.78 Å². The zero-order valence-electron chi connectivity index (χ0n) is 21.4. The van der Waals surface area contributed by atoms with Crippen LogP contribution < -0.4 is 32.3 Å². The van der Waals surface area contributed by atoms with Gasteiger partial charge in [0.05, 0.1) is 6.07 Å². The average molecular weight is 496 g/mol. The molecule has 2 heterocycles. The van der Waals surface area contributed by atoms with Crippen LogP contribution in [0.2, 0.25) is 0 Å². The van der Waals surface area contributed by atoms with Crippen LogP contribution in [0.25, 0.3) is 5.57 Å². The summed E-state index contributed by atoms with van der Waals surface area (Å²) in [5.74, 6) is -0.120. The second kappa shape index (κ2) is 8.74. The molecular formula is C30H32ClF2NO. The summed E-state index contributed by atoms with van der Waals surface area (Å²) in [5.41, 5.74) is 5.72. The van der Waals surface area contributed by atoms with Crippen molar-refractivity contribution in [1.29, 1.82) is 0 Å². The van der Waals surface area contributed by atoms with Crippen molar-refractivity contribution in [2.24, 2.45) is 0 Å². The molecule has 5 rings (SSSR count). The topological polar surface area (TPSA) is 12.2 Å². The van der Waals surface area contributed by atoms with E-state index in [0.717, 1.165) is 45.8 Å². The van der Waals surface area contributed by atoms with Crippen LogP contribution in [0.1, 0.15) is 73.4 Å². The van der Waals surface area contributed by atoms with Crippen molar-refractivity contribution in [3.8, 4) is 11.5 Å². The quantitative estimate of drug-likeness (QED) is 0.389. The van der Waals surface area contributed by atoms with E-state index in [1.807, 2.05) is 13.0 Å². The average Bonchev–Trinajstić information content (AvgIpc) is 2.76. The predicted octanol–water partition coefficient (Wildman–Crippen LogP) is 3.04. The molecule has 0 aromatic heterocycles. The fourth-order valence-corrected chi connectivity index (χ4v) is 6.01. The summed E-state index contributed by atoms with van der Waals surface area (Å²) in [4.78, 5) is 0. The fraction of sp³-hybridized carbons (Fsp3) is 0.367. The van der Waals surface area contributed by atoms with Crippen LogP contribution in [0.5, 0.6) is 11.5 Å². The first kappa shape index (κ1) is 25.4. The van der Waals surface area contributed by atoms with Crippen molar-refractivity contribution in [2.45, 2.75) is 66.3 Å². The summed E-state index contributed by atoms with van der Waals surface area (Å²) in [7, 11) is 0. The molecule has 1 unspecified atom stereocenters. The summed E-state index contributed by atoms with van der Waals surface area (Å²) in [5, 5.41) is 2.02. The van der Waals surface area contributed by atoms with Crippen LogP contribution in [0, 0.1) is 32.4 Å². The third kappa shape index (κ3) is 3.87. The van der Waals surface area contributed by atoms with E-state index < -0.39 is 11.6 Å². The molecule has 0 N–H and O–H groups in total. The number of aryl methyl sites for hydroxylation is 2. The molecule has 1 atom stereocenters. The largest absolute Gasteiger partial charge is 1.00 e. The number of fused-ring (bicyclic) bond motifs is 3. The minimum Gasteiger partial charge on any atom is -1.00 e. The number of nitrogens with zero attached hydrogens (tertiary/aromatic N) is 1. The van der Waals surface area contributed by atoms with E-state index in [1.54, 1.807) is 0 Å². The Hall–Kier alpha value is -2.72. The second-order valence-electron chi connectivity index (χ2n) is 10.5. The zero-order valence-corrected chi connectivity index (χ0v) is 22.2. The molecule has 0 fully saturated rings.